The Labute approximate surface area is 181 Å². The summed E-state index contributed by atoms with van der Waals surface area (Å²) in [6, 6.07) is 8.37. The molecule has 1 aromatic rings. The minimum absolute atomic E-state index is 0. The summed E-state index contributed by atoms with van der Waals surface area (Å²) in [5.74, 6) is 2.64. The number of nitrogens with one attached hydrogen (secondary N) is 1. The van der Waals surface area contributed by atoms with Crippen molar-refractivity contribution in [3.8, 4) is 5.75 Å². The topological polar surface area (TPSA) is 40.1 Å². The summed E-state index contributed by atoms with van der Waals surface area (Å²) in [6.45, 7) is 13.0. The third-order valence-electron chi connectivity index (χ3n) is 5.52. The van der Waals surface area contributed by atoms with Crippen LogP contribution in [0.25, 0.3) is 0 Å². The van der Waals surface area contributed by atoms with Gasteiger partial charge in [0.2, 0.25) is 0 Å². The van der Waals surface area contributed by atoms with Crippen LogP contribution in [-0.4, -0.2) is 57.2 Å². The van der Waals surface area contributed by atoms with E-state index in [0.717, 1.165) is 51.0 Å². The first-order chi connectivity index (χ1) is 12.5. The Bertz CT molecular complexity index is 634. The molecule has 1 aromatic carbocycles. The summed E-state index contributed by atoms with van der Waals surface area (Å²) in [4.78, 5) is 9.87. The molecular formula is C21H35IN4O. The van der Waals surface area contributed by atoms with Crippen molar-refractivity contribution in [1.82, 2.24) is 10.2 Å². The lowest BCUT2D eigenvalue weighted by Crippen LogP contribution is -2.41. The molecule has 0 radical (unpaired) electrons. The van der Waals surface area contributed by atoms with Crippen LogP contribution in [0, 0.1) is 11.3 Å². The molecule has 2 aliphatic heterocycles. The first-order valence-corrected chi connectivity index (χ1v) is 9.93. The monoisotopic (exact) mass is 486 g/mol. The van der Waals surface area contributed by atoms with Crippen molar-refractivity contribution in [1.29, 1.82) is 0 Å². The van der Waals surface area contributed by atoms with E-state index in [1.807, 2.05) is 6.07 Å². The highest BCUT2D eigenvalue weighted by Gasteiger charge is 2.31. The fourth-order valence-corrected chi connectivity index (χ4v) is 3.96. The van der Waals surface area contributed by atoms with Crippen LogP contribution < -0.4 is 15.0 Å². The van der Waals surface area contributed by atoms with Gasteiger partial charge in [-0.2, -0.15) is 0 Å². The highest BCUT2D eigenvalue weighted by Crippen LogP contribution is 2.29. The van der Waals surface area contributed by atoms with E-state index in [4.69, 9.17) is 9.73 Å². The number of methoxy groups -OCH3 is 1. The van der Waals surface area contributed by atoms with Crippen molar-refractivity contribution in [2.45, 2.75) is 33.6 Å². The van der Waals surface area contributed by atoms with Gasteiger partial charge in [-0.15, -0.1) is 24.0 Å². The number of likely N-dealkylation sites (tertiary alicyclic amines) is 1. The van der Waals surface area contributed by atoms with E-state index in [-0.39, 0.29) is 24.0 Å². The van der Waals surface area contributed by atoms with Gasteiger partial charge in [0, 0.05) is 51.0 Å². The zero-order chi connectivity index (χ0) is 18.6. The average molecular weight is 486 g/mol. The van der Waals surface area contributed by atoms with E-state index in [1.54, 1.807) is 7.11 Å². The van der Waals surface area contributed by atoms with Gasteiger partial charge >= 0.3 is 0 Å². The van der Waals surface area contributed by atoms with Gasteiger partial charge in [-0.3, -0.25) is 4.99 Å². The molecule has 0 amide bonds. The lowest BCUT2D eigenvalue weighted by molar-refractivity contribution is 0.369. The molecule has 0 saturated carbocycles. The number of hydrogen-bond acceptors (Lipinski definition) is 3. The number of nitrogens with zero attached hydrogens (tertiary/aromatic N) is 3. The van der Waals surface area contributed by atoms with E-state index in [9.17, 15) is 0 Å². The maximum absolute atomic E-state index is 5.36. The molecule has 0 bridgehead atoms. The molecule has 152 valence electrons. The first-order valence-electron chi connectivity index (χ1n) is 9.93. The van der Waals surface area contributed by atoms with Crippen molar-refractivity contribution in [3.05, 3.63) is 24.3 Å². The molecule has 6 heteroatoms. The summed E-state index contributed by atoms with van der Waals surface area (Å²) < 4.78 is 5.36. The number of rotatable bonds is 5. The summed E-state index contributed by atoms with van der Waals surface area (Å²) >= 11 is 0. The molecule has 1 unspecified atom stereocenters. The summed E-state index contributed by atoms with van der Waals surface area (Å²) in [5.41, 5.74) is 1.65. The van der Waals surface area contributed by atoms with Crippen LogP contribution in [0.15, 0.2) is 29.3 Å². The normalized spacial score (nSPS) is 21.9. The molecule has 2 aliphatic rings. The van der Waals surface area contributed by atoms with Gasteiger partial charge in [0.25, 0.3) is 0 Å². The van der Waals surface area contributed by atoms with E-state index in [2.05, 4.69) is 54.1 Å². The highest BCUT2D eigenvalue weighted by molar-refractivity contribution is 14.0. The number of halogens is 1. The van der Waals surface area contributed by atoms with Gasteiger partial charge in [0.1, 0.15) is 5.75 Å². The molecule has 2 saturated heterocycles. The van der Waals surface area contributed by atoms with Gasteiger partial charge < -0.3 is 19.9 Å². The van der Waals surface area contributed by atoms with E-state index in [0.29, 0.717) is 11.3 Å². The molecule has 0 aliphatic carbocycles. The van der Waals surface area contributed by atoms with Gasteiger partial charge in [-0.05, 0) is 43.2 Å². The number of guanidine groups is 1. The zero-order valence-electron chi connectivity index (χ0n) is 17.2. The second-order valence-corrected chi connectivity index (χ2v) is 8.33. The van der Waals surface area contributed by atoms with Crippen molar-refractivity contribution in [2.75, 3.05) is 51.3 Å². The van der Waals surface area contributed by atoms with Crippen LogP contribution in [0.2, 0.25) is 0 Å². The van der Waals surface area contributed by atoms with Gasteiger partial charge in [-0.1, -0.05) is 19.9 Å². The third kappa shape index (κ3) is 5.90. The predicted octanol–water partition coefficient (Wildman–Crippen LogP) is 3.84. The number of aliphatic imine (C=N–C) groups is 1. The van der Waals surface area contributed by atoms with E-state index >= 15 is 0 Å². The summed E-state index contributed by atoms with van der Waals surface area (Å²) in [7, 11) is 1.72. The second-order valence-electron chi connectivity index (χ2n) is 8.33. The summed E-state index contributed by atoms with van der Waals surface area (Å²) in [6.07, 6.45) is 2.44. The smallest absolute Gasteiger partial charge is 0.193 e. The number of benzene rings is 1. The minimum atomic E-state index is 0. The molecule has 0 spiro atoms. The lowest BCUT2D eigenvalue weighted by atomic mass is 9.93. The fraction of sp³-hybridized carbons (Fsp3) is 0.667. The SMILES string of the molecule is CCNC(=NCC1CCN(c2cccc(OC)c2)C1)N1CCC(C)(C)C1.I. The lowest BCUT2D eigenvalue weighted by Gasteiger charge is -2.24. The van der Waals surface area contributed by atoms with Gasteiger partial charge in [0.15, 0.2) is 5.96 Å². The molecule has 5 nitrogen and oxygen atoms in total. The average Bonchev–Trinajstić information content (AvgIpc) is 3.25. The van der Waals surface area contributed by atoms with Crippen molar-refractivity contribution in [2.24, 2.45) is 16.3 Å². The zero-order valence-corrected chi connectivity index (χ0v) is 19.5. The Hall–Kier alpha value is -1.18. The highest BCUT2D eigenvalue weighted by atomic mass is 127. The number of hydrogen-bond donors (Lipinski definition) is 1. The van der Waals surface area contributed by atoms with Crippen LogP contribution in [0.3, 0.4) is 0 Å². The van der Waals surface area contributed by atoms with Crippen molar-refractivity contribution < 1.29 is 4.74 Å². The minimum Gasteiger partial charge on any atom is -0.497 e. The van der Waals surface area contributed by atoms with E-state index in [1.165, 1.54) is 18.5 Å². The Morgan fingerprint density at radius 3 is 2.81 bits per heavy atom. The Kier molecular flexibility index (Phi) is 8.06. The van der Waals surface area contributed by atoms with E-state index < -0.39 is 0 Å². The fourth-order valence-electron chi connectivity index (χ4n) is 3.96. The maximum atomic E-state index is 5.36. The quantitative estimate of drug-likeness (QED) is 0.390. The predicted molar refractivity (Wildman–Crippen MR) is 125 cm³/mol. The summed E-state index contributed by atoms with van der Waals surface area (Å²) in [5, 5.41) is 3.49. The molecule has 1 N–H and O–H groups in total. The standard InChI is InChI=1S/C21H34N4O.HI/c1-5-22-20(25-12-10-21(2,3)16-25)23-14-17-9-11-24(15-17)18-7-6-8-19(13-18)26-4;/h6-8,13,17H,5,9-12,14-16H2,1-4H3,(H,22,23);1H. The van der Waals surface area contributed by atoms with Crippen LogP contribution >= 0.6 is 24.0 Å². The Balaban J connectivity index is 0.00000261. The molecule has 3 rings (SSSR count). The van der Waals surface area contributed by atoms with Crippen molar-refractivity contribution in [3.63, 3.8) is 0 Å². The number of anilines is 1. The molecular weight excluding hydrogens is 451 g/mol. The maximum Gasteiger partial charge on any atom is 0.193 e. The van der Waals surface area contributed by atoms with Crippen molar-refractivity contribution >= 4 is 35.6 Å². The Morgan fingerprint density at radius 1 is 1.33 bits per heavy atom. The van der Waals surface area contributed by atoms with Crippen LogP contribution in [-0.2, 0) is 0 Å². The third-order valence-corrected chi connectivity index (χ3v) is 5.52. The second kappa shape index (κ2) is 9.85. The van der Waals surface area contributed by atoms with Crippen LogP contribution in [0.1, 0.15) is 33.6 Å². The molecule has 2 fully saturated rings. The van der Waals surface area contributed by atoms with Gasteiger partial charge in [0.05, 0.1) is 7.11 Å². The molecule has 27 heavy (non-hydrogen) atoms. The molecule has 1 atom stereocenters. The first kappa shape index (κ1) is 22.1. The number of ether oxygens (including phenoxy) is 1. The largest absolute Gasteiger partial charge is 0.497 e. The Morgan fingerprint density at radius 2 is 2.15 bits per heavy atom. The van der Waals surface area contributed by atoms with Crippen LogP contribution in [0.4, 0.5) is 5.69 Å². The van der Waals surface area contributed by atoms with Crippen LogP contribution in [0.5, 0.6) is 5.75 Å². The van der Waals surface area contributed by atoms with Gasteiger partial charge in [-0.25, -0.2) is 0 Å². The molecule has 2 heterocycles. The molecule has 0 aromatic heterocycles.